The van der Waals surface area contributed by atoms with Gasteiger partial charge in [-0.05, 0) is 63.3 Å². The number of nitrogens with zero attached hydrogens (tertiary/aromatic N) is 1. The number of hydrogen-bond acceptors (Lipinski definition) is 7. The zero-order chi connectivity index (χ0) is 22.2. The number of amides is 1. The molecule has 0 radical (unpaired) electrons. The number of aryl methyl sites for hydroxylation is 3. The second kappa shape index (κ2) is 8.04. The summed E-state index contributed by atoms with van der Waals surface area (Å²) in [6.07, 6.45) is 0. The molecule has 1 amide bonds. The van der Waals surface area contributed by atoms with E-state index in [2.05, 4.69) is 15.2 Å². The van der Waals surface area contributed by atoms with Gasteiger partial charge in [0.1, 0.15) is 9.77 Å². The largest absolute Gasteiger partial charge is 0.337 e. The number of carbonyl (C=O) groups excluding carboxylic acids is 2. The number of Topliss-reactive ketones (excluding diaryl/α,β-unsaturated/α-hetero) is 1. The molecule has 2 aromatic heterocycles. The average molecular weight is 448 g/mol. The SMILES string of the molecule is CC(=O)c1cc(C)cc(C)c1NC(=O)c1sccc1S(=O)(=O)Nc1onc(C)c1C. The molecule has 2 N–H and O–H groups in total. The zero-order valence-electron chi connectivity index (χ0n) is 17.1. The fourth-order valence-corrected chi connectivity index (χ4v) is 5.31. The van der Waals surface area contributed by atoms with Crippen LogP contribution in [0, 0.1) is 27.7 Å². The van der Waals surface area contributed by atoms with E-state index in [0.29, 0.717) is 28.1 Å². The van der Waals surface area contributed by atoms with Crippen molar-refractivity contribution in [3.8, 4) is 0 Å². The van der Waals surface area contributed by atoms with Crippen molar-refractivity contribution in [3.63, 3.8) is 0 Å². The van der Waals surface area contributed by atoms with E-state index in [1.165, 1.54) is 18.4 Å². The Hall–Kier alpha value is -2.98. The van der Waals surface area contributed by atoms with E-state index in [1.807, 2.05) is 13.0 Å². The first-order chi connectivity index (χ1) is 14.0. The maximum atomic E-state index is 12.9. The number of sulfonamides is 1. The Morgan fingerprint density at radius 2 is 1.83 bits per heavy atom. The number of benzene rings is 1. The third kappa shape index (κ3) is 4.14. The first-order valence-electron chi connectivity index (χ1n) is 8.98. The number of anilines is 2. The molecule has 1 aromatic carbocycles. The molecule has 3 aromatic rings. The molecule has 0 saturated carbocycles. The van der Waals surface area contributed by atoms with Crippen LogP contribution in [0.25, 0.3) is 0 Å². The summed E-state index contributed by atoms with van der Waals surface area (Å²) in [7, 11) is -4.09. The van der Waals surface area contributed by atoms with Crippen LogP contribution < -0.4 is 10.0 Å². The van der Waals surface area contributed by atoms with Crippen LogP contribution >= 0.6 is 11.3 Å². The van der Waals surface area contributed by atoms with Crippen LogP contribution in [0.1, 0.15) is 49.3 Å². The van der Waals surface area contributed by atoms with Gasteiger partial charge < -0.3 is 9.84 Å². The summed E-state index contributed by atoms with van der Waals surface area (Å²) < 4.78 is 33.1. The van der Waals surface area contributed by atoms with E-state index in [1.54, 1.807) is 26.8 Å². The van der Waals surface area contributed by atoms with Gasteiger partial charge in [-0.1, -0.05) is 11.2 Å². The molecule has 0 saturated heterocycles. The van der Waals surface area contributed by atoms with Gasteiger partial charge in [-0.2, -0.15) is 0 Å². The van der Waals surface area contributed by atoms with Gasteiger partial charge in [0.05, 0.1) is 11.4 Å². The van der Waals surface area contributed by atoms with Crippen LogP contribution in [0.5, 0.6) is 0 Å². The highest BCUT2D eigenvalue weighted by molar-refractivity contribution is 7.93. The van der Waals surface area contributed by atoms with Crippen molar-refractivity contribution >= 4 is 44.6 Å². The molecular weight excluding hydrogens is 426 g/mol. The van der Waals surface area contributed by atoms with E-state index in [4.69, 9.17) is 4.52 Å². The van der Waals surface area contributed by atoms with Crippen molar-refractivity contribution in [2.45, 2.75) is 39.5 Å². The lowest BCUT2D eigenvalue weighted by atomic mass is 10.0. The molecule has 0 unspecified atom stereocenters. The highest BCUT2D eigenvalue weighted by Crippen LogP contribution is 2.29. The fourth-order valence-electron chi connectivity index (χ4n) is 2.94. The van der Waals surface area contributed by atoms with Crippen molar-refractivity contribution < 1.29 is 22.5 Å². The molecular formula is C20H21N3O5S2. The molecule has 0 fully saturated rings. The number of ketones is 1. The van der Waals surface area contributed by atoms with Gasteiger partial charge in [0.15, 0.2) is 5.78 Å². The first kappa shape index (κ1) is 21.7. The van der Waals surface area contributed by atoms with Crippen LogP contribution in [-0.4, -0.2) is 25.3 Å². The summed E-state index contributed by atoms with van der Waals surface area (Å²) in [4.78, 5) is 24.8. The maximum Gasteiger partial charge on any atom is 0.267 e. The maximum absolute atomic E-state index is 12.9. The molecule has 0 aliphatic carbocycles. The van der Waals surface area contributed by atoms with Crippen molar-refractivity contribution in [1.29, 1.82) is 0 Å². The van der Waals surface area contributed by atoms with Crippen LogP contribution in [0.2, 0.25) is 0 Å². The lowest BCUT2D eigenvalue weighted by Gasteiger charge is -2.14. The third-order valence-corrected chi connectivity index (χ3v) is 7.02. The smallest absolute Gasteiger partial charge is 0.267 e. The highest BCUT2D eigenvalue weighted by Gasteiger charge is 2.27. The molecule has 30 heavy (non-hydrogen) atoms. The summed E-state index contributed by atoms with van der Waals surface area (Å²) in [5, 5.41) is 7.94. The highest BCUT2D eigenvalue weighted by atomic mass is 32.2. The van der Waals surface area contributed by atoms with Crippen LogP contribution in [0.3, 0.4) is 0 Å². The number of carbonyl (C=O) groups is 2. The van der Waals surface area contributed by atoms with E-state index in [-0.39, 0.29) is 21.4 Å². The van der Waals surface area contributed by atoms with Gasteiger partial charge in [0, 0.05) is 11.1 Å². The van der Waals surface area contributed by atoms with E-state index in [9.17, 15) is 18.0 Å². The summed E-state index contributed by atoms with van der Waals surface area (Å²) in [6, 6.07) is 4.87. The third-order valence-electron chi connectivity index (χ3n) is 4.61. The first-order valence-corrected chi connectivity index (χ1v) is 11.3. The monoisotopic (exact) mass is 447 g/mol. The molecule has 10 heteroatoms. The molecule has 0 spiro atoms. The Morgan fingerprint density at radius 3 is 2.43 bits per heavy atom. The number of hydrogen-bond donors (Lipinski definition) is 2. The van der Waals surface area contributed by atoms with Gasteiger partial charge >= 0.3 is 0 Å². The van der Waals surface area contributed by atoms with Crippen molar-refractivity contribution in [2.75, 3.05) is 10.0 Å². The van der Waals surface area contributed by atoms with Crippen molar-refractivity contribution in [1.82, 2.24) is 5.16 Å². The molecule has 0 atom stereocenters. The molecule has 0 aliphatic rings. The van der Waals surface area contributed by atoms with Gasteiger partial charge in [-0.3, -0.25) is 9.59 Å². The van der Waals surface area contributed by atoms with Crippen LogP contribution in [0.4, 0.5) is 11.6 Å². The van der Waals surface area contributed by atoms with E-state index < -0.39 is 15.9 Å². The molecule has 158 valence electrons. The summed E-state index contributed by atoms with van der Waals surface area (Å²) in [5.41, 5.74) is 3.44. The number of thiophene rings is 1. The number of nitrogens with one attached hydrogen (secondary N) is 2. The summed E-state index contributed by atoms with van der Waals surface area (Å²) >= 11 is 0.985. The normalized spacial score (nSPS) is 11.4. The lowest BCUT2D eigenvalue weighted by Crippen LogP contribution is -2.20. The second-order valence-corrected chi connectivity index (χ2v) is 9.52. The Bertz CT molecular complexity index is 1260. The number of aromatic nitrogens is 1. The van der Waals surface area contributed by atoms with Crippen molar-refractivity contribution in [3.05, 3.63) is 56.4 Å². The molecule has 0 bridgehead atoms. The van der Waals surface area contributed by atoms with Crippen LogP contribution in [0.15, 0.2) is 33.0 Å². The van der Waals surface area contributed by atoms with E-state index >= 15 is 0 Å². The molecule has 8 nitrogen and oxygen atoms in total. The Kier molecular flexibility index (Phi) is 5.82. The van der Waals surface area contributed by atoms with E-state index in [0.717, 1.165) is 16.9 Å². The lowest BCUT2D eigenvalue weighted by molar-refractivity contribution is 0.101. The zero-order valence-corrected chi connectivity index (χ0v) is 18.7. The van der Waals surface area contributed by atoms with Gasteiger partial charge in [-0.15, -0.1) is 11.3 Å². The van der Waals surface area contributed by atoms with Gasteiger partial charge in [0.2, 0.25) is 5.88 Å². The molecule has 2 heterocycles. The molecule has 0 aliphatic heterocycles. The Labute approximate surface area is 178 Å². The molecule has 3 rings (SSSR count). The topological polar surface area (TPSA) is 118 Å². The average Bonchev–Trinajstić information content (AvgIpc) is 3.26. The standard InChI is InChI=1S/C20H21N3O5S2/c1-10-8-11(2)17(15(9-10)14(5)24)21-19(25)18-16(6-7-29-18)30(26,27)23-20-12(3)13(4)22-28-20/h6-9,23H,1-5H3,(H,21,25). The fraction of sp³-hybridized carbons (Fsp3) is 0.250. The number of rotatable bonds is 6. The minimum absolute atomic E-state index is 0.00157. The van der Waals surface area contributed by atoms with Gasteiger partial charge in [-0.25, -0.2) is 13.1 Å². The Morgan fingerprint density at radius 1 is 1.13 bits per heavy atom. The predicted octanol–water partition coefficient (Wildman–Crippen LogP) is 4.23. The van der Waals surface area contributed by atoms with Crippen LogP contribution in [-0.2, 0) is 10.0 Å². The van der Waals surface area contributed by atoms with Gasteiger partial charge in [0.25, 0.3) is 15.9 Å². The van der Waals surface area contributed by atoms with Crippen molar-refractivity contribution in [2.24, 2.45) is 0 Å². The minimum Gasteiger partial charge on any atom is -0.337 e. The Balaban J connectivity index is 1.95. The summed E-state index contributed by atoms with van der Waals surface area (Å²) in [5.74, 6) is -0.822. The minimum atomic E-state index is -4.09. The second-order valence-electron chi connectivity index (χ2n) is 6.96. The quantitative estimate of drug-likeness (QED) is 0.546. The summed E-state index contributed by atoms with van der Waals surface area (Å²) in [6.45, 7) is 8.41. The predicted molar refractivity (Wildman–Crippen MR) is 115 cm³/mol.